The summed E-state index contributed by atoms with van der Waals surface area (Å²) in [5, 5.41) is 8.28. The van der Waals surface area contributed by atoms with Crippen LogP contribution in [0.1, 0.15) is 26.2 Å². The molecule has 10 heavy (non-hydrogen) atoms. The van der Waals surface area contributed by atoms with Gasteiger partial charge in [0, 0.05) is 0 Å². The number of rotatable bonds is 4. The molecule has 0 aromatic carbocycles. The number of carbonyl (C=O) groups is 1. The Balaban J connectivity index is 0. The fourth-order valence-corrected chi connectivity index (χ4v) is 0.548. The molecule has 0 rings (SSSR count). The Hall–Kier alpha value is -0.610. The Bertz CT molecular complexity index is 95.0. The molecule has 0 aliphatic heterocycles. The maximum atomic E-state index is 10.1. The summed E-state index contributed by atoms with van der Waals surface area (Å²) >= 11 is 0. The van der Waals surface area contributed by atoms with Gasteiger partial charge in [-0.1, -0.05) is 19.8 Å². The first-order valence-corrected chi connectivity index (χ1v) is 3.17. The smallest absolute Gasteiger partial charge is 0.320 e. The number of carboxylic acids is 1. The van der Waals surface area contributed by atoms with Crippen LogP contribution in [0.4, 0.5) is 0 Å². The van der Waals surface area contributed by atoms with Crippen LogP contribution >= 0.6 is 0 Å². The summed E-state index contributed by atoms with van der Waals surface area (Å²) in [6.45, 7) is 2.01. The summed E-state index contributed by atoms with van der Waals surface area (Å²) in [5.41, 5.74) is 5.20. The molecule has 4 nitrogen and oxygen atoms in total. The highest BCUT2D eigenvalue weighted by molar-refractivity contribution is 5.72. The van der Waals surface area contributed by atoms with E-state index < -0.39 is 12.0 Å². The number of nitrogens with two attached hydrogens (primary N) is 1. The molecule has 4 heteroatoms. The minimum absolute atomic E-state index is 0. The number of aliphatic carboxylic acids is 1. The molecule has 0 amide bonds. The van der Waals surface area contributed by atoms with E-state index in [2.05, 4.69) is 0 Å². The van der Waals surface area contributed by atoms with E-state index in [1.807, 2.05) is 6.92 Å². The van der Waals surface area contributed by atoms with Gasteiger partial charge in [0.25, 0.3) is 0 Å². The Morgan fingerprint density at radius 2 is 2.20 bits per heavy atom. The van der Waals surface area contributed by atoms with Crippen LogP contribution < -0.4 is 5.73 Å². The quantitative estimate of drug-likeness (QED) is 0.577. The van der Waals surface area contributed by atoms with E-state index in [0.29, 0.717) is 6.42 Å². The fourth-order valence-electron chi connectivity index (χ4n) is 0.548. The van der Waals surface area contributed by atoms with Crippen LogP contribution in [0.15, 0.2) is 0 Å². The molecule has 0 aromatic heterocycles. The Morgan fingerprint density at radius 3 is 2.50 bits per heavy atom. The van der Waals surface area contributed by atoms with Crippen molar-refractivity contribution < 1.29 is 15.4 Å². The van der Waals surface area contributed by atoms with Gasteiger partial charge in [-0.25, -0.2) is 0 Å². The zero-order valence-corrected chi connectivity index (χ0v) is 6.13. The average Bonchev–Trinajstić information content (AvgIpc) is 1.82. The molecule has 62 valence electrons. The number of hydrogen-bond donors (Lipinski definition) is 2. The topological polar surface area (TPSA) is 94.8 Å². The van der Waals surface area contributed by atoms with Crippen molar-refractivity contribution in [2.75, 3.05) is 0 Å². The van der Waals surface area contributed by atoms with Crippen molar-refractivity contribution >= 4 is 5.97 Å². The van der Waals surface area contributed by atoms with Gasteiger partial charge in [-0.15, -0.1) is 0 Å². The average molecular weight is 149 g/mol. The van der Waals surface area contributed by atoms with Crippen molar-refractivity contribution in [1.29, 1.82) is 0 Å². The fraction of sp³-hybridized carbons (Fsp3) is 0.833. The highest BCUT2D eigenvalue weighted by Crippen LogP contribution is 1.96. The van der Waals surface area contributed by atoms with E-state index in [0.717, 1.165) is 12.8 Å². The number of carboxylic acid groups (broad SMARTS) is 1. The lowest BCUT2D eigenvalue weighted by atomic mass is 10.1. The van der Waals surface area contributed by atoms with E-state index in [1.54, 1.807) is 0 Å². The maximum Gasteiger partial charge on any atom is 0.320 e. The normalized spacial score (nSPS) is 11.8. The largest absolute Gasteiger partial charge is 0.480 e. The predicted octanol–water partition coefficient (Wildman–Crippen LogP) is -0.236. The molecule has 5 N–H and O–H groups in total. The summed E-state index contributed by atoms with van der Waals surface area (Å²) in [7, 11) is 0. The van der Waals surface area contributed by atoms with E-state index >= 15 is 0 Å². The highest BCUT2D eigenvalue weighted by Gasteiger charge is 2.08. The Kier molecular flexibility index (Phi) is 7.88. The van der Waals surface area contributed by atoms with Gasteiger partial charge in [-0.2, -0.15) is 0 Å². The molecule has 0 bridgehead atoms. The minimum Gasteiger partial charge on any atom is -0.480 e. The van der Waals surface area contributed by atoms with Crippen LogP contribution in [-0.2, 0) is 4.79 Å². The van der Waals surface area contributed by atoms with Gasteiger partial charge in [0.2, 0.25) is 0 Å². The lowest BCUT2D eigenvalue weighted by molar-refractivity contribution is -0.138. The highest BCUT2D eigenvalue weighted by atomic mass is 16.4. The van der Waals surface area contributed by atoms with Crippen molar-refractivity contribution in [2.45, 2.75) is 32.2 Å². The first-order valence-electron chi connectivity index (χ1n) is 3.17. The zero-order valence-electron chi connectivity index (χ0n) is 6.13. The molecule has 0 radical (unpaired) electrons. The monoisotopic (exact) mass is 149 g/mol. The lowest BCUT2D eigenvalue weighted by Crippen LogP contribution is -2.29. The van der Waals surface area contributed by atoms with Gasteiger partial charge < -0.3 is 16.3 Å². The van der Waals surface area contributed by atoms with E-state index in [-0.39, 0.29) is 5.48 Å². The third-order valence-corrected chi connectivity index (χ3v) is 1.19. The van der Waals surface area contributed by atoms with Gasteiger partial charge >= 0.3 is 5.97 Å². The standard InChI is InChI=1S/C6H13NO2.H2O/c1-2-3-4-5(7)6(8)9;/h5H,2-4,7H2,1H3,(H,8,9);1H2. The molecule has 0 saturated heterocycles. The lowest BCUT2D eigenvalue weighted by Gasteiger charge is -2.02. The van der Waals surface area contributed by atoms with Crippen LogP contribution in [0.2, 0.25) is 0 Å². The molecule has 0 aliphatic carbocycles. The zero-order chi connectivity index (χ0) is 7.28. The molecular weight excluding hydrogens is 134 g/mol. The maximum absolute atomic E-state index is 10.1. The van der Waals surface area contributed by atoms with Crippen molar-refractivity contribution in [3.8, 4) is 0 Å². The summed E-state index contributed by atoms with van der Waals surface area (Å²) in [5.74, 6) is -0.900. The third kappa shape index (κ3) is 5.53. The Labute approximate surface area is 60.3 Å². The van der Waals surface area contributed by atoms with Crippen LogP contribution in [0.25, 0.3) is 0 Å². The van der Waals surface area contributed by atoms with Crippen molar-refractivity contribution in [1.82, 2.24) is 0 Å². The molecule has 0 fully saturated rings. The Morgan fingerprint density at radius 1 is 1.70 bits per heavy atom. The molecule has 0 aliphatic rings. The first kappa shape index (κ1) is 12.1. The third-order valence-electron chi connectivity index (χ3n) is 1.19. The number of hydrogen-bond acceptors (Lipinski definition) is 2. The molecular formula is C6H15NO3. The molecule has 0 heterocycles. The van der Waals surface area contributed by atoms with Gasteiger partial charge in [0.15, 0.2) is 0 Å². The van der Waals surface area contributed by atoms with E-state index in [9.17, 15) is 4.79 Å². The summed E-state index contributed by atoms with van der Waals surface area (Å²) in [6.07, 6.45) is 2.49. The number of unbranched alkanes of at least 4 members (excludes halogenated alkanes) is 1. The second-order valence-corrected chi connectivity index (χ2v) is 2.09. The van der Waals surface area contributed by atoms with Crippen LogP contribution in [0.5, 0.6) is 0 Å². The van der Waals surface area contributed by atoms with E-state index in [4.69, 9.17) is 10.8 Å². The van der Waals surface area contributed by atoms with Crippen LogP contribution in [-0.4, -0.2) is 22.6 Å². The molecule has 1 atom stereocenters. The van der Waals surface area contributed by atoms with E-state index in [1.165, 1.54) is 0 Å². The SMILES string of the molecule is CCCCC(N)C(=O)O.O. The second kappa shape index (κ2) is 6.51. The molecule has 0 aromatic rings. The predicted molar refractivity (Wildman–Crippen MR) is 38.7 cm³/mol. The van der Waals surface area contributed by atoms with Crippen molar-refractivity contribution in [2.24, 2.45) is 5.73 Å². The minimum atomic E-state index is -0.900. The molecule has 1 unspecified atom stereocenters. The van der Waals surface area contributed by atoms with Crippen LogP contribution in [0.3, 0.4) is 0 Å². The summed E-state index contributed by atoms with van der Waals surface area (Å²) in [6, 6.07) is -0.662. The first-order chi connectivity index (χ1) is 4.18. The van der Waals surface area contributed by atoms with Gasteiger partial charge in [0.1, 0.15) is 6.04 Å². The summed E-state index contributed by atoms with van der Waals surface area (Å²) < 4.78 is 0. The van der Waals surface area contributed by atoms with Gasteiger partial charge in [-0.3, -0.25) is 4.79 Å². The molecule has 0 saturated carbocycles. The van der Waals surface area contributed by atoms with Crippen molar-refractivity contribution in [3.63, 3.8) is 0 Å². The second-order valence-electron chi connectivity index (χ2n) is 2.09. The van der Waals surface area contributed by atoms with Gasteiger partial charge in [-0.05, 0) is 6.42 Å². The van der Waals surface area contributed by atoms with Gasteiger partial charge in [0.05, 0.1) is 0 Å². The van der Waals surface area contributed by atoms with Crippen molar-refractivity contribution in [3.05, 3.63) is 0 Å². The van der Waals surface area contributed by atoms with Crippen LogP contribution in [0, 0.1) is 0 Å². The molecule has 0 spiro atoms. The summed E-state index contributed by atoms with van der Waals surface area (Å²) in [4.78, 5) is 10.1.